The smallest absolute Gasteiger partial charge is 0.415 e. The normalized spacial score (nSPS) is 27.4. The lowest BCUT2D eigenvalue weighted by atomic mass is 9.56. The minimum absolute atomic E-state index is 0.0403. The first-order valence-electron chi connectivity index (χ1n) is 29.4. The molecule has 0 radical (unpaired) electrons. The van der Waals surface area contributed by atoms with Gasteiger partial charge in [0, 0.05) is 98.3 Å². The van der Waals surface area contributed by atoms with Gasteiger partial charge in [0.15, 0.2) is 22.8 Å². The van der Waals surface area contributed by atoms with Crippen LogP contribution >= 0.6 is 0 Å². The standard InChI is InChI=1S/C64H76N6O10/c1-7-63(77)53-31-56-59-41(32-69(56)60(74)52(53)36-78-61(63)75)29-50-51(35-66(4)5)57(23-22-55(50)65-59)79-62(76)70-43-17-18-44(70)34-68(33-43)27-11-9-8-10-26-67(6)42-15-12-39(13-16-42)49-30-54-47(24-25-64(54,37(2)71)80-38(3)72)48-20-14-40-28-45(73)19-21-46(40)58(48)49/h12-13,15-16,22-23,28-29,31,43-44,47-49,54,77H,7-11,14,17-21,24-27,30,32-36H2,1-6H3/t43?,44?,47-,48-,49+,54?,63-,64-/m0/s1. The number of allylic oxidation sites excluding steroid dienone is 4. The van der Waals surface area contributed by atoms with Gasteiger partial charge in [-0.25, -0.2) is 14.6 Å². The van der Waals surface area contributed by atoms with E-state index in [4.69, 9.17) is 19.2 Å². The van der Waals surface area contributed by atoms with Gasteiger partial charge in [-0.05, 0) is 169 Å². The number of benzene rings is 2. The number of rotatable bonds is 15. The number of piperazine rings is 1. The van der Waals surface area contributed by atoms with Crippen molar-refractivity contribution in [3.8, 4) is 17.1 Å². The van der Waals surface area contributed by atoms with Crippen LogP contribution in [0.5, 0.6) is 5.75 Å². The number of hydrogen-bond donors (Lipinski definition) is 1. The molecular weight excluding hydrogens is 1010 g/mol. The van der Waals surface area contributed by atoms with Gasteiger partial charge in [0.2, 0.25) is 0 Å². The lowest BCUT2D eigenvalue weighted by Crippen LogP contribution is -2.56. The molecule has 2 aromatic carbocycles. The van der Waals surface area contributed by atoms with E-state index in [2.05, 4.69) is 41.1 Å². The second-order valence-electron chi connectivity index (χ2n) is 24.6. The molecule has 2 saturated carbocycles. The third kappa shape index (κ3) is 9.30. The monoisotopic (exact) mass is 1090 g/mol. The lowest BCUT2D eigenvalue weighted by Gasteiger charge is -2.49. The van der Waals surface area contributed by atoms with Gasteiger partial charge in [-0.15, -0.1) is 0 Å². The van der Waals surface area contributed by atoms with Crippen LogP contribution in [0, 0.1) is 17.8 Å². The number of anilines is 1. The molecule has 4 aliphatic heterocycles. The lowest BCUT2D eigenvalue weighted by molar-refractivity contribution is -0.172. The zero-order valence-electron chi connectivity index (χ0n) is 47.3. The molecule has 12 rings (SSSR count). The highest BCUT2D eigenvalue weighted by Crippen LogP contribution is 2.62. The van der Waals surface area contributed by atoms with E-state index in [0.717, 1.165) is 119 Å². The number of aromatic nitrogens is 2. The fraction of sp³-hybridized carbons (Fsp3) is 0.547. The largest absolute Gasteiger partial charge is 0.458 e. The number of unbranched alkanes of at least 4 members (excludes halogenated alkanes) is 3. The summed E-state index contributed by atoms with van der Waals surface area (Å²) in [6.07, 6.45) is 13.3. The van der Waals surface area contributed by atoms with Crippen LogP contribution in [0.1, 0.15) is 144 Å². The molecule has 1 N–H and O–H groups in total. The summed E-state index contributed by atoms with van der Waals surface area (Å²) < 4.78 is 19.3. The molecule has 6 heterocycles. The number of carbonyl (C=O) groups is 5. The highest BCUT2D eigenvalue weighted by Gasteiger charge is 2.60. The molecule has 2 bridgehead atoms. The van der Waals surface area contributed by atoms with Crippen molar-refractivity contribution in [3.63, 3.8) is 0 Å². The molecular formula is C64H76N6O10. The molecule has 2 saturated heterocycles. The zero-order chi connectivity index (χ0) is 55.9. The van der Waals surface area contributed by atoms with Crippen LogP contribution in [0.2, 0.25) is 0 Å². The summed E-state index contributed by atoms with van der Waals surface area (Å²) in [5.74, 6) is 0.140. The van der Waals surface area contributed by atoms with Crippen LogP contribution in [0.3, 0.4) is 0 Å². The molecule has 4 aromatic rings. The average molecular weight is 1090 g/mol. The second kappa shape index (κ2) is 21.1. The molecule has 8 aliphatic rings. The molecule has 1 amide bonds. The van der Waals surface area contributed by atoms with Crippen molar-refractivity contribution < 1.29 is 43.3 Å². The van der Waals surface area contributed by atoms with Crippen molar-refractivity contribution in [2.45, 2.75) is 160 Å². The Morgan fingerprint density at radius 2 is 1.66 bits per heavy atom. The summed E-state index contributed by atoms with van der Waals surface area (Å²) in [6.45, 7) is 8.87. The van der Waals surface area contributed by atoms with E-state index in [-0.39, 0.29) is 83.8 Å². The minimum atomic E-state index is -1.91. The SMILES string of the molecule is CC[C@@]1(O)C(=O)OCc2c1cc1n(c2=O)Cc2cc3c(CN(C)C)c(OC(=O)N4C5CCC4CN(CCCCCCN(C)c4ccc([C@H]6CC7[C@@H](CC[C@]7(OC(C)=O)C(C)=O)[C@@H]7CCC8=CC(=O)CCC8=C76)cc4)C5)ccc3nc2-1. The fourth-order valence-corrected chi connectivity index (χ4v) is 15.9. The second-order valence-corrected chi connectivity index (χ2v) is 24.6. The van der Waals surface area contributed by atoms with Crippen LogP contribution in [-0.2, 0) is 53.9 Å². The molecule has 3 unspecified atom stereocenters. The highest BCUT2D eigenvalue weighted by atomic mass is 16.6. The van der Waals surface area contributed by atoms with Gasteiger partial charge in [0.05, 0.1) is 29.0 Å². The zero-order valence-corrected chi connectivity index (χ0v) is 47.3. The number of fused-ring (bicyclic) bond motifs is 11. The maximum Gasteiger partial charge on any atom is 0.415 e. The number of hydrogen-bond acceptors (Lipinski definition) is 14. The number of Topliss-reactive ketones (excluding diaryl/α,β-unsaturated/α-hetero) is 1. The predicted molar refractivity (Wildman–Crippen MR) is 302 cm³/mol. The Morgan fingerprint density at radius 1 is 0.900 bits per heavy atom. The Hall–Kier alpha value is -6.49. The Bertz CT molecular complexity index is 3330. The van der Waals surface area contributed by atoms with Gasteiger partial charge in [-0.2, -0.15) is 0 Å². The van der Waals surface area contributed by atoms with Crippen molar-refractivity contribution >= 4 is 46.2 Å². The van der Waals surface area contributed by atoms with Crippen LogP contribution in [0.4, 0.5) is 10.5 Å². The minimum Gasteiger partial charge on any atom is -0.458 e. The number of ketones is 2. The number of carbonyl (C=O) groups excluding carboxylic acids is 5. The molecule has 422 valence electrons. The summed E-state index contributed by atoms with van der Waals surface area (Å²) in [5.41, 5.74) is 7.19. The molecule has 0 spiro atoms. The highest BCUT2D eigenvalue weighted by molar-refractivity contribution is 5.93. The van der Waals surface area contributed by atoms with Gasteiger partial charge >= 0.3 is 18.0 Å². The van der Waals surface area contributed by atoms with Crippen molar-refractivity contribution in [1.29, 1.82) is 0 Å². The summed E-state index contributed by atoms with van der Waals surface area (Å²) in [4.78, 5) is 93.2. The van der Waals surface area contributed by atoms with E-state index in [1.54, 1.807) is 24.5 Å². The molecule has 2 aromatic heterocycles. The van der Waals surface area contributed by atoms with Crippen LogP contribution in [0.25, 0.3) is 22.3 Å². The van der Waals surface area contributed by atoms with Crippen LogP contribution in [-0.4, -0.2) is 124 Å². The third-order valence-corrected chi connectivity index (χ3v) is 19.7. The maximum absolute atomic E-state index is 14.2. The van der Waals surface area contributed by atoms with Crippen LogP contribution < -0.4 is 15.2 Å². The van der Waals surface area contributed by atoms with E-state index >= 15 is 0 Å². The maximum atomic E-state index is 14.2. The van der Waals surface area contributed by atoms with Gasteiger partial charge in [0.25, 0.3) is 5.56 Å². The Balaban J connectivity index is 0.651. The third-order valence-electron chi connectivity index (χ3n) is 19.7. The Labute approximate surface area is 468 Å². The Morgan fingerprint density at radius 3 is 2.39 bits per heavy atom. The quantitative estimate of drug-likeness (QED) is 0.0775. The number of pyridine rings is 2. The van der Waals surface area contributed by atoms with Crippen molar-refractivity contribution in [3.05, 3.63) is 109 Å². The van der Waals surface area contributed by atoms with Crippen molar-refractivity contribution in [2.75, 3.05) is 52.2 Å². The van der Waals surface area contributed by atoms with Crippen LogP contribution in [0.15, 0.2) is 76.1 Å². The van der Waals surface area contributed by atoms with Gasteiger partial charge in [0.1, 0.15) is 12.4 Å². The Kier molecular flexibility index (Phi) is 14.3. The number of cyclic esters (lactones) is 1. The number of aliphatic hydroxyl groups is 1. The number of nitrogens with zero attached hydrogens (tertiary/aromatic N) is 6. The van der Waals surface area contributed by atoms with E-state index in [9.17, 15) is 33.9 Å². The molecule has 80 heavy (non-hydrogen) atoms. The van der Waals surface area contributed by atoms with Crippen molar-refractivity contribution in [2.24, 2.45) is 17.8 Å². The number of likely N-dealkylation sites (tertiary alicyclic amines) is 1. The molecule has 16 nitrogen and oxygen atoms in total. The van der Waals surface area contributed by atoms with Gasteiger partial charge in [-0.1, -0.05) is 37.5 Å². The molecule has 4 aliphatic carbocycles. The van der Waals surface area contributed by atoms with Gasteiger partial charge < -0.3 is 33.7 Å². The van der Waals surface area contributed by atoms with E-state index < -0.39 is 23.1 Å². The van der Waals surface area contributed by atoms with E-state index in [1.165, 1.54) is 29.2 Å². The molecule has 8 atom stereocenters. The first-order valence-corrected chi connectivity index (χ1v) is 29.4. The number of ether oxygens (including phenoxy) is 3. The summed E-state index contributed by atoms with van der Waals surface area (Å²) in [6, 6.07) is 16.6. The number of amides is 1. The molecule has 16 heteroatoms. The van der Waals surface area contributed by atoms with Gasteiger partial charge in [-0.3, -0.25) is 29.0 Å². The van der Waals surface area contributed by atoms with E-state index in [1.807, 2.05) is 48.2 Å². The number of esters is 2. The molecule has 4 fully saturated rings. The first-order chi connectivity index (χ1) is 38.5. The first kappa shape index (κ1) is 54.1. The van der Waals surface area contributed by atoms with E-state index in [0.29, 0.717) is 48.0 Å². The van der Waals surface area contributed by atoms with Crippen molar-refractivity contribution in [1.82, 2.24) is 24.3 Å². The average Bonchev–Trinajstić information content (AvgIpc) is 4.29. The summed E-state index contributed by atoms with van der Waals surface area (Å²) in [7, 11) is 6.11. The summed E-state index contributed by atoms with van der Waals surface area (Å²) in [5, 5.41) is 12.2. The predicted octanol–water partition coefficient (Wildman–Crippen LogP) is 8.89. The summed E-state index contributed by atoms with van der Waals surface area (Å²) >= 11 is 0. The topological polar surface area (TPSA) is 181 Å². The fourth-order valence-electron chi connectivity index (χ4n) is 15.9.